The number of pyridine rings is 1. The molecule has 0 fully saturated rings. The van der Waals surface area contributed by atoms with Gasteiger partial charge in [-0.3, -0.25) is 9.89 Å². The average molecular weight is 567 g/mol. The Morgan fingerprint density at radius 2 is 1.83 bits per heavy atom. The van der Waals surface area contributed by atoms with E-state index < -0.39 is 18.5 Å². The summed E-state index contributed by atoms with van der Waals surface area (Å²) in [5.74, 6) is -0.263. The van der Waals surface area contributed by atoms with E-state index in [1.165, 1.54) is 12.3 Å². The van der Waals surface area contributed by atoms with Gasteiger partial charge in [0, 0.05) is 30.8 Å². The molecule has 0 radical (unpaired) electrons. The largest absolute Gasteiger partial charge is 0.478 e. The Balaban J connectivity index is 1.59. The van der Waals surface area contributed by atoms with E-state index in [1.807, 2.05) is 0 Å². The van der Waals surface area contributed by atoms with Crippen LogP contribution >= 0.6 is 0 Å². The monoisotopic (exact) mass is 566 g/mol. The number of alkyl halides is 3. The Morgan fingerprint density at radius 1 is 1.05 bits per heavy atom. The molecule has 6 nitrogen and oxygen atoms in total. The van der Waals surface area contributed by atoms with Gasteiger partial charge in [0.1, 0.15) is 0 Å². The van der Waals surface area contributed by atoms with Gasteiger partial charge in [0.05, 0.1) is 23.9 Å². The van der Waals surface area contributed by atoms with Gasteiger partial charge < -0.3 is 10.1 Å². The van der Waals surface area contributed by atoms with Crippen LogP contribution < -0.4 is 10.1 Å². The first-order valence-electron chi connectivity index (χ1n) is 13.2. The third kappa shape index (κ3) is 8.34. The Kier molecular flexibility index (Phi) is 10.0. The van der Waals surface area contributed by atoms with Gasteiger partial charge in [0.2, 0.25) is 11.8 Å². The number of carbonyl (C=O) groups excluding carboxylic acids is 1. The zero-order valence-corrected chi connectivity index (χ0v) is 22.5. The number of allylic oxidation sites excluding steroid dienone is 2. The van der Waals surface area contributed by atoms with Gasteiger partial charge in [-0.25, -0.2) is 4.98 Å². The highest BCUT2D eigenvalue weighted by atomic mass is 19.4. The predicted molar refractivity (Wildman–Crippen MR) is 151 cm³/mol. The quantitative estimate of drug-likeness (QED) is 0.0797. The van der Waals surface area contributed by atoms with Crippen LogP contribution in [0.1, 0.15) is 42.9 Å². The standard InChI is InChI=1S/C31H30F4N4O2/c1-2-24(40)10-6-15-36-16-7-17-41-28-14-12-23(20-37-28)29(22-11-13-27-25(18-22)30(32)39-38-27)26(19-31(33,34)35)21-8-4-3-5-9-21/h3-6,8-14,18,20,36H,2,7,15-17,19H2,1H3,(H,38,39)/b10-6+,29-26-. The molecule has 10 heteroatoms. The van der Waals surface area contributed by atoms with Crippen LogP contribution in [-0.4, -0.2) is 46.8 Å². The van der Waals surface area contributed by atoms with Crippen molar-refractivity contribution in [3.05, 3.63) is 102 Å². The van der Waals surface area contributed by atoms with Crippen LogP contribution in [0.25, 0.3) is 22.0 Å². The second kappa shape index (κ2) is 13.8. The van der Waals surface area contributed by atoms with Gasteiger partial charge in [0.25, 0.3) is 0 Å². The van der Waals surface area contributed by atoms with Crippen LogP contribution in [0.15, 0.2) is 79.0 Å². The lowest BCUT2D eigenvalue weighted by Crippen LogP contribution is -2.17. The molecule has 0 bridgehead atoms. The molecule has 4 rings (SSSR count). The number of aromatic nitrogens is 3. The summed E-state index contributed by atoms with van der Waals surface area (Å²) in [5.41, 5.74) is 1.92. The number of hydrogen-bond acceptors (Lipinski definition) is 5. The number of halogens is 4. The van der Waals surface area contributed by atoms with Gasteiger partial charge >= 0.3 is 6.18 Å². The minimum absolute atomic E-state index is 0.0394. The number of aromatic amines is 1. The number of nitrogens with one attached hydrogen (secondary N) is 2. The molecule has 2 aromatic carbocycles. The van der Waals surface area contributed by atoms with Gasteiger partial charge in [-0.2, -0.15) is 22.7 Å². The third-order valence-corrected chi connectivity index (χ3v) is 6.28. The van der Waals surface area contributed by atoms with Crippen molar-refractivity contribution in [1.29, 1.82) is 0 Å². The van der Waals surface area contributed by atoms with Crippen LogP contribution in [0.4, 0.5) is 17.6 Å². The molecule has 2 N–H and O–H groups in total. The van der Waals surface area contributed by atoms with Crippen molar-refractivity contribution >= 4 is 27.8 Å². The van der Waals surface area contributed by atoms with E-state index in [-0.39, 0.29) is 22.3 Å². The van der Waals surface area contributed by atoms with Crippen LogP contribution in [-0.2, 0) is 4.79 Å². The number of carbonyl (C=O) groups is 1. The summed E-state index contributed by atoms with van der Waals surface area (Å²) in [4.78, 5) is 15.6. The number of rotatable bonds is 13. The van der Waals surface area contributed by atoms with Gasteiger partial charge in [-0.15, -0.1) is 0 Å². The van der Waals surface area contributed by atoms with E-state index in [9.17, 15) is 22.4 Å². The Bertz CT molecular complexity index is 1510. The van der Waals surface area contributed by atoms with E-state index >= 15 is 0 Å². The summed E-state index contributed by atoms with van der Waals surface area (Å²) in [6, 6.07) is 16.3. The molecule has 0 saturated heterocycles. The summed E-state index contributed by atoms with van der Waals surface area (Å²) in [6.07, 6.45) is 0.274. The zero-order valence-electron chi connectivity index (χ0n) is 22.5. The minimum Gasteiger partial charge on any atom is -0.478 e. The van der Waals surface area contributed by atoms with Crippen molar-refractivity contribution in [3.63, 3.8) is 0 Å². The minimum atomic E-state index is -4.49. The lowest BCUT2D eigenvalue weighted by Gasteiger charge is -2.19. The van der Waals surface area contributed by atoms with Crippen LogP contribution in [0.5, 0.6) is 5.88 Å². The number of ether oxygens (including phenoxy) is 1. The van der Waals surface area contributed by atoms with E-state index in [0.717, 1.165) is 0 Å². The molecule has 0 atom stereocenters. The van der Waals surface area contributed by atoms with Crippen molar-refractivity contribution in [1.82, 2.24) is 20.5 Å². The summed E-state index contributed by atoms with van der Waals surface area (Å²) in [7, 11) is 0. The summed E-state index contributed by atoms with van der Waals surface area (Å²) >= 11 is 0. The summed E-state index contributed by atoms with van der Waals surface area (Å²) in [6.45, 7) is 3.42. The van der Waals surface area contributed by atoms with E-state index in [0.29, 0.717) is 60.6 Å². The summed E-state index contributed by atoms with van der Waals surface area (Å²) in [5, 5.41) is 9.52. The van der Waals surface area contributed by atoms with E-state index in [1.54, 1.807) is 73.7 Å². The Hall–Kier alpha value is -4.31. The van der Waals surface area contributed by atoms with E-state index in [4.69, 9.17) is 4.74 Å². The molecule has 41 heavy (non-hydrogen) atoms. The van der Waals surface area contributed by atoms with Crippen molar-refractivity contribution in [3.8, 4) is 5.88 Å². The average Bonchev–Trinajstić information content (AvgIpc) is 3.34. The Labute approximate surface area is 235 Å². The van der Waals surface area contributed by atoms with Gasteiger partial charge in [-0.05, 0) is 59.5 Å². The maximum atomic E-state index is 14.4. The van der Waals surface area contributed by atoms with Crippen LogP contribution in [0.3, 0.4) is 0 Å². The SMILES string of the molecule is CCC(=O)/C=C/CNCCCOc1ccc(/C(=C(/CC(F)(F)F)c2ccccc2)c2ccc3n[nH]c(F)c3c2)cn1. The normalized spacial score (nSPS) is 12.6. The Morgan fingerprint density at radius 3 is 2.54 bits per heavy atom. The first-order chi connectivity index (χ1) is 19.7. The number of H-pyrrole nitrogens is 1. The maximum absolute atomic E-state index is 14.4. The molecular formula is C31H30F4N4O2. The highest BCUT2D eigenvalue weighted by molar-refractivity contribution is 6.00. The number of ketones is 1. The number of hydrogen-bond donors (Lipinski definition) is 2. The van der Waals surface area contributed by atoms with Gasteiger partial charge in [0.15, 0.2) is 5.78 Å². The number of nitrogens with zero attached hydrogens (tertiary/aromatic N) is 2. The fourth-order valence-corrected chi connectivity index (χ4v) is 4.31. The van der Waals surface area contributed by atoms with Crippen molar-refractivity contribution in [2.75, 3.05) is 19.7 Å². The second-order valence-corrected chi connectivity index (χ2v) is 9.29. The fraction of sp³-hybridized carbons (Fsp3) is 0.258. The first kappa shape index (κ1) is 29.7. The molecule has 0 aliphatic heterocycles. The van der Waals surface area contributed by atoms with Crippen LogP contribution in [0, 0.1) is 5.95 Å². The zero-order chi connectivity index (χ0) is 29.2. The second-order valence-electron chi connectivity index (χ2n) is 9.29. The summed E-state index contributed by atoms with van der Waals surface area (Å²) < 4.78 is 61.7. The van der Waals surface area contributed by atoms with E-state index in [2.05, 4.69) is 20.5 Å². The van der Waals surface area contributed by atoms with Crippen LogP contribution in [0.2, 0.25) is 0 Å². The molecule has 0 spiro atoms. The van der Waals surface area contributed by atoms with Crippen molar-refractivity contribution < 1.29 is 27.1 Å². The van der Waals surface area contributed by atoms with Crippen molar-refractivity contribution in [2.24, 2.45) is 0 Å². The molecule has 2 aromatic heterocycles. The topological polar surface area (TPSA) is 79.9 Å². The molecule has 0 saturated carbocycles. The molecule has 0 unspecified atom stereocenters. The number of fused-ring (bicyclic) bond motifs is 1. The lowest BCUT2D eigenvalue weighted by atomic mass is 9.88. The highest BCUT2D eigenvalue weighted by Gasteiger charge is 2.31. The molecule has 4 aromatic rings. The third-order valence-electron chi connectivity index (χ3n) is 6.28. The lowest BCUT2D eigenvalue weighted by molar-refractivity contribution is -0.123. The molecule has 214 valence electrons. The number of benzene rings is 2. The molecular weight excluding hydrogens is 536 g/mol. The molecule has 0 aliphatic rings. The maximum Gasteiger partial charge on any atom is 0.393 e. The predicted octanol–water partition coefficient (Wildman–Crippen LogP) is 6.90. The molecule has 0 amide bonds. The van der Waals surface area contributed by atoms with Gasteiger partial charge in [-0.1, -0.05) is 49.4 Å². The molecule has 0 aliphatic carbocycles. The molecule has 2 heterocycles. The smallest absolute Gasteiger partial charge is 0.393 e. The first-order valence-corrected chi connectivity index (χ1v) is 13.2. The highest BCUT2D eigenvalue weighted by Crippen LogP contribution is 2.40. The fourth-order valence-electron chi connectivity index (χ4n) is 4.31. The van der Waals surface area contributed by atoms with Crippen molar-refractivity contribution in [2.45, 2.75) is 32.4 Å².